The summed E-state index contributed by atoms with van der Waals surface area (Å²) in [5.41, 5.74) is 4.00. The molecule has 27 heavy (non-hydrogen) atoms. The van der Waals surface area contributed by atoms with Crippen LogP contribution in [0.3, 0.4) is 0 Å². The molecule has 0 bridgehead atoms. The molecular weight excluding hydrogens is 376 g/mol. The summed E-state index contributed by atoms with van der Waals surface area (Å²) in [6.45, 7) is 3.83. The second kappa shape index (κ2) is 8.38. The van der Waals surface area contributed by atoms with Gasteiger partial charge in [-0.1, -0.05) is 54.6 Å². The molecule has 1 atom stereocenters. The Morgan fingerprint density at radius 2 is 2.07 bits per heavy atom. The molecule has 6 heteroatoms. The number of aliphatic carboxylic acids is 1. The third kappa shape index (κ3) is 4.21. The van der Waals surface area contributed by atoms with Crippen molar-refractivity contribution in [2.45, 2.75) is 30.5 Å². The van der Waals surface area contributed by atoms with Gasteiger partial charge in [0.05, 0.1) is 16.1 Å². The molecule has 0 radical (unpaired) electrons. The van der Waals surface area contributed by atoms with Crippen LogP contribution < -0.4 is 0 Å². The molecule has 2 heterocycles. The predicted molar refractivity (Wildman–Crippen MR) is 110 cm³/mol. The maximum Gasteiger partial charge on any atom is 0.317 e. The molecule has 0 fully saturated rings. The number of benzene rings is 1. The van der Waals surface area contributed by atoms with Crippen LogP contribution in [0.25, 0.3) is 21.7 Å². The van der Waals surface area contributed by atoms with Crippen molar-refractivity contribution >= 4 is 29.1 Å². The molecule has 0 aliphatic carbocycles. The van der Waals surface area contributed by atoms with Gasteiger partial charge in [-0.05, 0) is 36.4 Å². The largest absolute Gasteiger partial charge is 0.480 e. The Hall–Kier alpha value is -2.62. The van der Waals surface area contributed by atoms with E-state index in [-0.39, 0.29) is 0 Å². The van der Waals surface area contributed by atoms with E-state index < -0.39 is 11.2 Å². The molecular formula is C21H18N2O2S2. The molecule has 3 rings (SSSR count). The van der Waals surface area contributed by atoms with E-state index >= 15 is 0 Å². The summed E-state index contributed by atoms with van der Waals surface area (Å²) in [6, 6.07) is 16.0. The second-order valence-corrected chi connectivity index (χ2v) is 8.18. The van der Waals surface area contributed by atoms with Crippen LogP contribution in [0, 0.1) is 18.3 Å². The Balaban J connectivity index is 2.20. The van der Waals surface area contributed by atoms with Crippen molar-refractivity contribution in [1.29, 1.82) is 5.26 Å². The van der Waals surface area contributed by atoms with Crippen molar-refractivity contribution in [3.63, 3.8) is 0 Å². The zero-order chi connectivity index (χ0) is 19.4. The molecule has 0 saturated carbocycles. The molecule has 0 spiro atoms. The normalized spacial score (nSPS) is 11.7. The van der Waals surface area contributed by atoms with E-state index in [1.807, 2.05) is 61.7 Å². The van der Waals surface area contributed by atoms with Gasteiger partial charge in [0.2, 0.25) is 0 Å². The molecule has 4 nitrogen and oxygen atoms in total. The second-order valence-electron chi connectivity index (χ2n) is 6.04. The number of hydrogen-bond donors (Lipinski definition) is 1. The molecule has 2 aromatic heterocycles. The summed E-state index contributed by atoms with van der Waals surface area (Å²) in [5, 5.41) is 21.0. The van der Waals surface area contributed by atoms with Gasteiger partial charge in [0, 0.05) is 5.56 Å². The highest BCUT2D eigenvalue weighted by Gasteiger charge is 2.22. The van der Waals surface area contributed by atoms with Gasteiger partial charge < -0.3 is 5.11 Å². The highest BCUT2D eigenvalue weighted by Crippen LogP contribution is 2.37. The Bertz CT molecular complexity index is 990. The van der Waals surface area contributed by atoms with Crippen LogP contribution in [-0.2, 0) is 4.79 Å². The summed E-state index contributed by atoms with van der Waals surface area (Å²) in [5.74, 6) is -0.897. The smallest absolute Gasteiger partial charge is 0.317 e. The number of carbonyl (C=O) groups is 1. The monoisotopic (exact) mass is 394 g/mol. The van der Waals surface area contributed by atoms with Gasteiger partial charge in [-0.2, -0.15) is 5.26 Å². The van der Waals surface area contributed by atoms with Gasteiger partial charge in [-0.15, -0.1) is 11.3 Å². The number of carboxylic acids is 1. The van der Waals surface area contributed by atoms with Crippen LogP contribution in [0.15, 0.2) is 52.9 Å². The fourth-order valence-electron chi connectivity index (χ4n) is 2.67. The minimum Gasteiger partial charge on any atom is -0.480 e. The number of aryl methyl sites for hydroxylation is 1. The van der Waals surface area contributed by atoms with Crippen molar-refractivity contribution in [3.05, 3.63) is 59.0 Å². The Kier molecular flexibility index (Phi) is 5.94. The molecule has 1 unspecified atom stereocenters. The summed E-state index contributed by atoms with van der Waals surface area (Å²) < 4.78 is 0. The number of pyridine rings is 1. The highest BCUT2D eigenvalue weighted by molar-refractivity contribution is 8.00. The number of thioether (sulfide) groups is 1. The first kappa shape index (κ1) is 19.2. The van der Waals surface area contributed by atoms with E-state index in [0.29, 0.717) is 17.0 Å². The number of nitriles is 1. The van der Waals surface area contributed by atoms with E-state index in [1.165, 1.54) is 0 Å². The minimum absolute atomic E-state index is 0.420. The number of aromatic nitrogens is 1. The zero-order valence-electron chi connectivity index (χ0n) is 15.0. The summed E-state index contributed by atoms with van der Waals surface area (Å²) >= 11 is 2.71. The van der Waals surface area contributed by atoms with E-state index in [0.717, 1.165) is 39.0 Å². The first-order valence-corrected chi connectivity index (χ1v) is 10.2. The topological polar surface area (TPSA) is 74.0 Å². The van der Waals surface area contributed by atoms with E-state index in [9.17, 15) is 15.2 Å². The molecule has 1 aromatic carbocycles. The molecule has 0 aliphatic heterocycles. The minimum atomic E-state index is -0.897. The lowest BCUT2D eigenvalue weighted by Crippen LogP contribution is -2.15. The van der Waals surface area contributed by atoms with Crippen LogP contribution in [0.4, 0.5) is 0 Å². The van der Waals surface area contributed by atoms with Gasteiger partial charge in [0.25, 0.3) is 0 Å². The van der Waals surface area contributed by atoms with Crippen LogP contribution in [0.1, 0.15) is 24.5 Å². The maximum atomic E-state index is 11.5. The third-order valence-corrected chi connectivity index (χ3v) is 6.36. The molecule has 0 saturated heterocycles. The highest BCUT2D eigenvalue weighted by atomic mass is 32.2. The van der Waals surface area contributed by atoms with Crippen molar-refractivity contribution in [3.8, 4) is 27.8 Å². The number of rotatable bonds is 6. The fourth-order valence-corrected chi connectivity index (χ4v) is 4.32. The Morgan fingerprint density at radius 1 is 1.33 bits per heavy atom. The van der Waals surface area contributed by atoms with Crippen molar-refractivity contribution in [2.75, 3.05) is 0 Å². The van der Waals surface area contributed by atoms with Gasteiger partial charge in [0.15, 0.2) is 0 Å². The average molecular weight is 395 g/mol. The van der Waals surface area contributed by atoms with Crippen LogP contribution in [0.2, 0.25) is 0 Å². The van der Waals surface area contributed by atoms with Crippen LogP contribution >= 0.6 is 23.1 Å². The van der Waals surface area contributed by atoms with Crippen LogP contribution in [0.5, 0.6) is 0 Å². The number of thiophene rings is 1. The zero-order valence-corrected chi connectivity index (χ0v) is 16.6. The van der Waals surface area contributed by atoms with Crippen molar-refractivity contribution in [2.24, 2.45) is 0 Å². The lowest BCUT2D eigenvalue weighted by atomic mass is 10.00. The molecule has 0 aliphatic rings. The van der Waals surface area contributed by atoms with Gasteiger partial charge >= 0.3 is 5.97 Å². The summed E-state index contributed by atoms with van der Waals surface area (Å²) in [4.78, 5) is 17.1. The van der Waals surface area contributed by atoms with Crippen molar-refractivity contribution in [1.82, 2.24) is 4.98 Å². The van der Waals surface area contributed by atoms with Crippen molar-refractivity contribution < 1.29 is 9.90 Å². The molecule has 136 valence electrons. The Labute approximate surface area is 166 Å². The maximum absolute atomic E-state index is 11.5. The Morgan fingerprint density at radius 3 is 2.63 bits per heavy atom. The molecule has 1 N–H and O–H groups in total. The fraction of sp³-hybridized carbons (Fsp3) is 0.190. The van der Waals surface area contributed by atoms with E-state index in [1.54, 1.807) is 11.3 Å². The number of carboxylic acid groups (broad SMARTS) is 1. The van der Waals surface area contributed by atoms with Gasteiger partial charge in [-0.25, -0.2) is 4.98 Å². The average Bonchev–Trinajstić information content (AvgIpc) is 3.20. The third-order valence-electron chi connectivity index (χ3n) is 4.13. The summed E-state index contributed by atoms with van der Waals surface area (Å²) in [6.07, 6.45) is 0.454. The molecule has 0 amide bonds. The first-order valence-electron chi connectivity index (χ1n) is 8.49. The van der Waals surface area contributed by atoms with E-state index in [2.05, 4.69) is 11.1 Å². The standard InChI is InChI=1S/C21H18N2O2S2/c1-3-18(21(24)25)27-20-16(12-22)15(14-8-6-13(2)7-9-14)11-17(23-20)19-5-4-10-26-19/h4-11,18H,3H2,1-2H3,(H,24,25). The van der Waals surface area contributed by atoms with Gasteiger partial charge in [0.1, 0.15) is 16.3 Å². The predicted octanol–water partition coefficient (Wildman–Crippen LogP) is 5.61. The lowest BCUT2D eigenvalue weighted by molar-refractivity contribution is -0.136. The molecule has 3 aromatic rings. The number of hydrogen-bond acceptors (Lipinski definition) is 5. The lowest BCUT2D eigenvalue weighted by Gasteiger charge is -2.14. The van der Waals surface area contributed by atoms with E-state index in [4.69, 9.17) is 0 Å². The summed E-state index contributed by atoms with van der Waals surface area (Å²) in [7, 11) is 0. The first-order chi connectivity index (χ1) is 13.0. The quantitative estimate of drug-likeness (QED) is 0.550. The SMILES string of the molecule is CCC(Sc1nc(-c2cccs2)cc(-c2ccc(C)cc2)c1C#N)C(=O)O. The number of nitrogens with zero attached hydrogens (tertiary/aromatic N) is 2. The van der Waals surface area contributed by atoms with Crippen LogP contribution in [-0.4, -0.2) is 21.3 Å². The van der Waals surface area contributed by atoms with Gasteiger partial charge in [-0.3, -0.25) is 4.79 Å².